The molecule has 3 N–H and O–H groups in total. The van der Waals surface area contributed by atoms with E-state index in [1.165, 1.54) is 25.2 Å². The number of aromatic nitrogens is 1. The van der Waals surface area contributed by atoms with Crippen LogP contribution >= 0.6 is 0 Å². The van der Waals surface area contributed by atoms with Crippen molar-refractivity contribution in [3.63, 3.8) is 0 Å². The Bertz CT molecular complexity index is 1100. The second kappa shape index (κ2) is 9.49. The molecule has 0 radical (unpaired) electrons. The van der Waals surface area contributed by atoms with Crippen molar-refractivity contribution in [2.24, 2.45) is 0 Å². The lowest BCUT2D eigenvalue weighted by atomic mass is 10.1. The average molecular weight is 419 g/mol. The number of carbonyl (C=O) groups excluding carboxylic acids is 2. The van der Waals surface area contributed by atoms with Gasteiger partial charge in [0.25, 0.3) is 17.5 Å². The number of pyridine rings is 1. The van der Waals surface area contributed by atoms with Crippen molar-refractivity contribution in [3.05, 3.63) is 93.8 Å². The fourth-order valence-electron chi connectivity index (χ4n) is 2.94. The molecule has 9 heteroatoms. The van der Waals surface area contributed by atoms with Crippen LogP contribution in [0.15, 0.2) is 66.9 Å². The molecule has 0 aliphatic heterocycles. The van der Waals surface area contributed by atoms with Crippen LogP contribution in [-0.4, -0.2) is 28.8 Å². The Hall–Kier alpha value is -4.27. The van der Waals surface area contributed by atoms with Crippen LogP contribution in [0.1, 0.15) is 39.4 Å². The molecule has 2 aromatic carbocycles. The number of carbonyl (C=O) groups is 2. The van der Waals surface area contributed by atoms with Gasteiger partial charge in [-0.05, 0) is 55.5 Å². The van der Waals surface area contributed by atoms with Crippen molar-refractivity contribution >= 4 is 28.9 Å². The van der Waals surface area contributed by atoms with E-state index in [4.69, 9.17) is 0 Å². The van der Waals surface area contributed by atoms with E-state index >= 15 is 0 Å². The quantitative estimate of drug-likeness (QED) is 0.395. The first-order valence-corrected chi connectivity index (χ1v) is 9.48. The molecule has 0 saturated carbocycles. The van der Waals surface area contributed by atoms with E-state index in [1.54, 1.807) is 36.5 Å². The highest BCUT2D eigenvalue weighted by molar-refractivity contribution is 6.05. The first-order chi connectivity index (χ1) is 14.9. The minimum Gasteiger partial charge on any atom is -0.371 e. The molecular formula is C22H21N5O4. The third-order valence-corrected chi connectivity index (χ3v) is 4.59. The van der Waals surface area contributed by atoms with Gasteiger partial charge in [0, 0.05) is 36.1 Å². The highest BCUT2D eigenvalue weighted by atomic mass is 16.6. The van der Waals surface area contributed by atoms with Gasteiger partial charge in [0.1, 0.15) is 5.69 Å². The van der Waals surface area contributed by atoms with Gasteiger partial charge in [-0.1, -0.05) is 6.07 Å². The van der Waals surface area contributed by atoms with E-state index in [0.29, 0.717) is 11.3 Å². The van der Waals surface area contributed by atoms with Gasteiger partial charge in [-0.15, -0.1) is 0 Å². The molecule has 0 spiro atoms. The number of nitrogens with zero attached hydrogens (tertiary/aromatic N) is 2. The van der Waals surface area contributed by atoms with E-state index in [1.807, 2.05) is 19.1 Å². The number of rotatable bonds is 7. The molecular weight excluding hydrogens is 398 g/mol. The third-order valence-electron chi connectivity index (χ3n) is 4.59. The Morgan fingerprint density at radius 3 is 2.32 bits per heavy atom. The lowest BCUT2D eigenvalue weighted by Crippen LogP contribution is -2.18. The molecule has 0 saturated heterocycles. The third kappa shape index (κ3) is 5.21. The maximum Gasteiger partial charge on any atom is 0.293 e. The lowest BCUT2D eigenvalue weighted by molar-refractivity contribution is -0.384. The summed E-state index contributed by atoms with van der Waals surface area (Å²) in [5.41, 5.74) is 1.86. The molecule has 0 aliphatic rings. The standard InChI is InChI=1S/C22H21N5O4/c1-14(18-5-3-4-12-24-18)25-19-11-8-16(13-20(19)27(30)31)22(29)26-17-9-6-15(7-10-17)21(28)23-2/h3-14,25H,1-2H3,(H,23,28)(H,26,29). The molecule has 158 valence electrons. The van der Waals surface area contributed by atoms with Crippen molar-refractivity contribution < 1.29 is 14.5 Å². The van der Waals surface area contributed by atoms with Gasteiger partial charge in [0.2, 0.25) is 0 Å². The first-order valence-electron chi connectivity index (χ1n) is 9.48. The maximum absolute atomic E-state index is 12.6. The average Bonchev–Trinajstić information content (AvgIpc) is 2.79. The van der Waals surface area contributed by atoms with Crippen LogP contribution in [0.2, 0.25) is 0 Å². The molecule has 1 atom stereocenters. The number of nitro groups is 1. The molecule has 0 bridgehead atoms. The zero-order valence-electron chi connectivity index (χ0n) is 17.0. The van der Waals surface area contributed by atoms with E-state index in [0.717, 1.165) is 5.69 Å². The van der Waals surface area contributed by atoms with Gasteiger partial charge >= 0.3 is 0 Å². The predicted octanol–water partition coefficient (Wildman–Crippen LogP) is 3.77. The minimum absolute atomic E-state index is 0.137. The summed E-state index contributed by atoms with van der Waals surface area (Å²) in [6.45, 7) is 1.84. The highest BCUT2D eigenvalue weighted by Crippen LogP contribution is 2.29. The first kappa shape index (κ1) is 21.4. The topological polar surface area (TPSA) is 126 Å². The molecule has 9 nitrogen and oxygen atoms in total. The number of hydrogen-bond acceptors (Lipinski definition) is 6. The molecule has 1 heterocycles. The molecule has 2 amide bonds. The summed E-state index contributed by atoms with van der Waals surface area (Å²) in [6.07, 6.45) is 1.65. The van der Waals surface area contributed by atoms with E-state index in [2.05, 4.69) is 20.9 Å². The second-order valence-electron chi connectivity index (χ2n) is 6.72. The van der Waals surface area contributed by atoms with Crippen molar-refractivity contribution in [2.75, 3.05) is 17.7 Å². The van der Waals surface area contributed by atoms with Gasteiger partial charge in [-0.3, -0.25) is 24.7 Å². The second-order valence-corrected chi connectivity index (χ2v) is 6.72. The Balaban J connectivity index is 1.77. The van der Waals surface area contributed by atoms with Crippen LogP contribution in [0.3, 0.4) is 0 Å². The van der Waals surface area contributed by atoms with E-state index in [9.17, 15) is 19.7 Å². The van der Waals surface area contributed by atoms with Crippen LogP contribution in [0.4, 0.5) is 17.1 Å². The monoisotopic (exact) mass is 419 g/mol. The Labute approximate surface area is 178 Å². The van der Waals surface area contributed by atoms with E-state index in [-0.39, 0.29) is 28.9 Å². The number of anilines is 2. The summed E-state index contributed by atoms with van der Waals surface area (Å²) in [5.74, 6) is -0.739. The summed E-state index contributed by atoms with van der Waals surface area (Å²) in [4.78, 5) is 39.5. The summed E-state index contributed by atoms with van der Waals surface area (Å²) < 4.78 is 0. The minimum atomic E-state index is -0.539. The number of nitro benzene ring substituents is 1. The van der Waals surface area contributed by atoms with Gasteiger partial charge in [0.15, 0.2) is 0 Å². The molecule has 1 aromatic heterocycles. The largest absolute Gasteiger partial charge is 0.371 e. The SMILES string of the molecule is CNC(=O)c1ccc(NC(=O)c2ccc(NC(C)c3ccccn3)c([N+](=O)[O-])c2)cc1. The Kier molecular flexibility index (Phi) is 6.56. The molecule has 0 aliphatic carbocycles. The Morgan fingerprint density at radius 2 is 1.71 bits per heavy atom. The van der Waals surface area contributed by atoms with Crippen LogP contribution in [-0.2, 0) is 0 Å². The summed E-state index contributed by atoms with van der Waals surface area (Å²) in [5, 5.41) is 19.8. The predicted molar refractivity (Wildman–Crippen MR) is 117 cm³/mol. The van der Waals surface area contributed by atoms with Crippen molar-refractivity contribution in [2.45, 2.75) is 13.0 Å². The number of benzene rings is 2. The summed E-state index contributed by atoms with van der Waals surface area (Å²) in [6, 6.07) is 15.7. The maximum atomic E-state index is 12.6. The fourth-order valence-corrected chi connectivity index (χ4v) is 2.94. The normalized spacial score (nSPS) is 11.3. The number of hydrogen-bond donors (Lipinski definition) is 3. The van der Waals surface area contributed by atoms with Crippen LogP contribution in [0.25, 0.3) is 0 Å². The van der Waals surface area contributed by atoms with Gasteiger partial charge in [0.05, 0.1) is 16.7 Å². The number of nitrogens with one attached hydrogen (secondary N) is 3. The highest BCUT2D eigenvalue weighted by Gasteiger charge is 2.20. The van der Waals surface area contributed by atoms with Crippen LogP contribution in [0.5, 0.6) is 0 Å². The van der Waals surface area contributed by atoms with Gasteiger partial charge in [-0.25, -0.2) is 0 Å². The fraction of sp³-hybridized carbons (Fsp3) is 0.136. The van der Waals surface area contributed by atoms with Crippen LogP contribution < -0.4 is 16.0 Å². The van der Waals surface area contributed by atoms with Crippen molar-refractivity contribution in [1.29, 1.82) is 0 Å². The molecule has 3 rings (SSSR count). The smallest absolute Gasteiger partial charge is 0.293 e. The zero-order valence-corrected chi connectivity index (χ0v) is 17.0. The van der Waals surface area contributed by atoms with Gasteiger partial charge in [-0.2, -0.15) is 0 Å². The molecule has 1 unspecified atom stereocenters. The van der Waals surface area contributed by atoms with E-state index < -0.39 is 10.8 Å². The number of amides is 2. The molecule has 3 aromatic rings. The molecule has 31 heavy (non-hydrogen) atoms. The van der Waals surface area contributed by atoms with Crippen molar-refractivity contribution in [3.8, 4) is 0 Å². The molecule has 0 fully saturated rings. The van der Waals surface area contributed by atoms with Gasteiger partial charge < -0.3 is 16.0 Å². The summed E-state index contributed by atoms with van der Waals surface area (Å²) >= 11 is 0. The lowest BCUT2D eigenvalue weighted by Gasteiger charge is -2.15. The zero-order chi connectivity index (χ0) is 22.4. The summed E-state index contributed by atoms with van der Waals surface area (Å²) in [7, 11) is 1.53. The van der Waals surface area contributed by atoms with Crippen molar-refractivity contribution in [1.82, 2.24) is 10.3 Å². The van der Waals surface area contributed by atoms with Crippen LogP contribution in [0, 0.1) is 10.1 Å². The Morgan fingerprint density at radius 1 is 1.00 bits per heavy atom.